The molecule has 2 heterocycles. The van der Waals surface area contributed by atoms with Gasteiger partial charge in [0, 0.05) is 45.8 Å². The first-order valence-electron chi connectivity index (χ1n) is 10.3. The Morgan fingerprint density at radius 1 is 0.833 bits per heavy atom. The fourth-order valence-electron chi connectivity index (χ4n) is 5.14. The Morgan fingerprint density at radius 2 is 1.38 bits per heavy atom. The fraction of sp³-hybridized carbons (Fsp3) is 1.00. The van der Waals surface area contributed by atoms with Crippen molar-refractivity contribution in [2.24, 2.45) is 28.6 Å². The van der Waals surface area contributed by atoms with E-state index in [0.717, 1.165) is 17.8 Å². The van der Waals surface area contributed by atoms with E-state index in [1.807, 2.05) is 0 Å². The number of hydrogen-bond acceptors (Lipinski definition) is 3. The Balaban J connectivity index is 1.36. The van der Waals surface area contributed by atoms with Gasteiger partial charge in [0.05, 0.1) is 0 Å². The SMILES string of the molecule is CN1CC2C(C1)C2CC(C)(C)CN1CCN(CCC(C)(C)C)CC1. The van der Waals surface area contributed by atoms with E-state index in [4.69, 9.17) is 0 Å². The van der Waals surface area contributed by atoms with Gasteiger partial charge in [0.1, 0.15) is 0 Å². The van der Waals surface area contributed by atoms with Crippen LogP contribution in [0.3, 0.4) is 0 Å². The molecule has 0 bridgehead atoms. The highest BCUT2D eigenvalue weighted by Crippen LogP contribution is 2.55. The zero-order valence-electron chi connectivity index (χ0n) is 17.1. The van der Waals surface area contributed by atoms with E-state index in [-0.39, 0.29) is 0 Å². The van der Waals surface area contributed by atoms with Gasteiger partial charge in [-0.25, -0.2) is 0 Å². The summed E-state index contributed by atoms with van der Waals surface area (Å²) in [7, 11) is 2.29. The zero-order valence-corrected chi connectivity index (χ0v) is 17.1. The molecule has 24 heavy (non-hydrogen) atoms. The van der Waals surface area contributed by atoms with Gasteiger partial charge in [-0.1, -0.05) is 34.6 Å². The summed E-state index contributed by atoms with van der Waals surface area (Å²) in [4.78, 5) is 7.93. The van der Waals surface area contributed by atoms with Gasteiger partial charge in [0.2, 0.25) is 0 Å². The van der Waals surface area contributed by atoms with Crippen molar-refractivity contribution in [1.29, 1.82) is 0 Å². The third kappa shape index (κ3) is 4.95. The third-order valence-electron chi connectivity index (χ3n) is 6.64. The zero-order chi connectivity index (χ0) is 17.5. The molecule has 0 amide bonds. The summed E-state index contributed by atoms with van der Waals surface area (Å²) < 4.78 is 0. The van der Waals surface area contributed by atoms with Crippen LogP contribution in [0.4, 0.5) is 0 Å². The molecule has 0 aromatic carbocycles. The molecule has 0 spiro atoms. The van der Waals surface area contributed by atoms with Crippen molar-refractivity contribution in [3.8, 4) is 0 Å². The van der Waals surface area contributed by atoms with E-state index in [1.54, 1.807) is 0 Å². The van der Waals surface area contributed by atoms with E-state index in [9.17, 15) is 0 Å². The van der Waals surface area contributed by atoms with Gasteiger partial charge in [-0.3, -0.25) is 0 Å². The maximum atomic E-state index is 2.73. The van der Waals surface area contributed by atoms with Crippen LogP contribution in [0.5, 0.6) is 0 Å². The molecule has 0 radical (unpaired) electrons. The van der Waals surface area contributed by atoms with Gasteiger partial charge in [-0.15, -0.1) is 0 Å². The lowest BCUT2D eigenvalue weighted by atomic mass is 9.85. The van der Waals surface area contributed by atoms with Gasteiger partial charge >= 0.3 is 0 Å². The van der Waals surface area contributed by atoms with Gasteiger partial charge in [0.25, 0.3) is 0 Å². The van der Waals surface area contributed by atoms with E-state index < -0.39 is 0 Å². The lowest BCUT2D eigenvalue weighted by Gasteiger charge is -2.40. The minimum Gasteiger partial charge on any atom is -0.306 e. The second-order valence-electron chi connectivity index (χ2n) is 11.0. The molecule has 3 heteroatoms. The highest BCUT2D eigenvalue weighted by molar-refractivity contribution is 5.05. The molecule has 3 nitrogen and oxygen atoms in total. The molecule has 3 fully saturated rings. The third-order valence-corrected chi connectivity index (χ3v) is 6.64. The van der Waals surface area contributed by atoms with Crippen LogP contribution in [0.2, 0.25) is 0 Å². The summed E-state index contributed by atoms with van der Waals surface area (Å²) in [6.45, 7) is 22.5. The molecule has 3 aliphatic rings. The number of nitrogens with zero attached hydrogens (tertiary/aromatic N) is 3. The van der Waals surface area contributed by atoms with E-state index in [0.29, 0.717) is 10.8 Å². The summed E-state index contributed by atoms with van der Waals surface area (Å²) in [6.07, 6.45) is 2.76. The Morgan fingerprint density at radius 3 is 1.92 bits per heavy atom. The second kappa shape index (κ2) is 6.89. The molecule has 2 saturated heterocycles. The molecular weight excluding hydrogens is 294 g/mol. The first-order valence-corrected chi connectivity index (χ1v) is 10.3. The number of fused-ring (bicyclic) bond motifs is 1. The molecule has 0 aromatic heterocycles. The first kappa shape index (κ1) is 18.7. The standard InChI is InChI=1S/C21H41N3/c1-20(2,3)7-8-23-9-11-24(12-10-23)16-21(4,5)13-17-18-14-22(6)15-19(17)18/h17-19H,7-16H2,1-6H3. The lowest BCUT2D eigenvalue weighted by Crippen LogP contribution is -2.49. The molecule has 2 aliphatic heterocycles. The molecule has 0 N–H and O–H groups in total. The highest BCUT2D eigenvalue weighted by atomic mass is 15.3. The quantitative estimate of drug-likeness (QED) is 0.738. The molecule has 2 atom stereocenters. The second-order valence-corrected chi connectivity index (χ2v) is 11.0. The van der Waals surface area contributed by atoms with Crippen molar-refractivity contribution in [1.82, 2.24) is 14.7 Å². The predicted molar refractivity (Wildman–Crippen MR) is 103 cm³/mol. The number of hydrogen-bond donors (Lipinski definition) is 0. The van der Waals surface area contributed by atoms with E-state index >= 15 is 0 Å². The smallest absolute Gasteiger partial charge is 0.0110 e. The number of piperidine rings is 1. The van der Waals surface area contributed by atoms with Crippen molar-refractivity contribution in [2.45, 2.75) is 47.5 Å². The first-order chi connectivity index (χ1) is 11.1. The molecule has 140 valence electrons. The largest absolute Gasteiger partial charge is 0.306 e. The number of piperazine rings is 1. The Kier molecular flexibility index (Phi) is 5.36. The molecule has 0 aromatic rings. The van der Waals surface area contributed by atoms with Crippen LogP contribution in [0.25, 0.3) is 0 Å². The average molecular weight is 336 g/mol. The normalized spacial score (nSPS) is 33.0. The van der Waals surface area contributed by atoms with Crippen LogP contribution in [-0.4, -0.2) is 74.1 Å². The van der Waals surface area contributed by atoms with Crippen LogP contribution >= 0.6 is 0 Å². The monoisotopic (exact) mass is 335 g/mol. The van der Waals surface area contributed by atoms with Gasteiger partial charge in [-0.05, 0) is 55.0 Å². The molecule has 3 rings (SSSR count). The van der Waals surface area contributed by atoms with Gasteiger partial charge in [0.15, 0.2) is 0 Å². The van der Waals surface area contributed by atoms with Crippen molar-refractivity contribution in [3.05, 3.63) is 0 Å². The Hall–Kier alpha value is -0.120. The summed E-state index contributed by atoms with van der Waals surface area (Å²) in [5.74, 6) is 3.09. The minimum atomic E-state index is 0.468. The van der Waals surface area contributed by atoms with Crippen LogP contribution < -0.4 is 0 Å². The van der Waals surface area contributed by atoms with Crippen molar-refractivity contribution in [3.63, 3.8) is 0 Å². The Bertz CT molecular complexity index is 405. The minimum absolute atomic E-state index is 0.468. The molecular formula is C21H41N3. The van der Waals surface area contributed by atoms with Gasteiger partial charge in [-0.2, -0.15) is 0 Å². The molecule has 1 aliphatic carbocycles. The van der Waals surface area contributed by atoms with Crippen LogP contribution in [0, 0.1) is 28.6 Å². The predicted octanol–water partition coefficient (Wildman–Crippen LogP) is 3.26. The summed E-state index contributed by atoms with van der Waals surface area (Å²) in [5.41, 5.74) is 0.955. The lowest BCUT2D eigenvalue weighted by molar-refractivity contribution is 0.0835. The molecule has 2 unspecified atom stereocenters. The summed E-state index contributed by atoms with van der Waals surface area (Å²) in [6, 6.07) is 0. The maximum absolute atomic E-state index is 2.73. The van der Waals surface area contributed by atoms with Crippen LogP contribution in [-0.2, 0) is 0 Å². The topological polar surface area (TPSA) is 9.72 Å². The van der Waals surface area contributed by atoms with Crippen molar-refractivity contribution < 1.29 is 0 Å². The van der Waals surface area contributed by atoms with Crippen LogP contribution in [0.15, 0.2) is 0 Å². The fourth-order valence-corrected chi connectivity index (χ4v) is 5.14. The highest BCUT2D eigenvalue weighted by Gasteiger charge is 2.55. The van der Waals surface area contributed by atoms with Crippen molar-refractivity contribution >= 4 is 0 Å². The van der Waals surface area contributed by atoms with E-state index in [2.05, 4.69) is 56.4 Å². The maximum Gasteiger partial charge on any atom is 0.0110 e. The summed E-state index contributed by atoms with van der Waals surface area (Å²) in [5, 5.41) is 0. The average Bonchev–Trinajstić information content (AvgIpc) is 2.91. The Labute approximate surface area is 150 Å². The molecule has 1 saturated carbocycles. The van der Waals surface area contributed by atoms with Gasteiger partial charge < -0.3 is 14.7 Å². The number of rotatable bonds is 6. The van der Waals surface area contributed by atoms with Crippen molar-refractivity contribution in [2.75, 3.05) is 59.4 Å². The van der Waals surface area contributed by atoms with E-state index in [1.165, 1.54) is 65.2 Å². The summed E-state index contributed by atoms with van der Waals surface area (Å²) >= 11 is 0. The van der Waals surface area contributed by atoms with Crippen LogP contribution in [0.1, 0.15) is 47.5 Å². The number of likely N-dealkylation sites (tertiary alicyclic amines) is 1.